The van der Waals surface area contributed by atoms with Crippen molar-refractivity contribution in [3.8, 4) is 0 Å². The number of carbonyl (C=O) groups excluding carboxylic acids is 1. The normalized spacial score (nSPS) is 12.7. The van der Waals surface area contributed by atoms with Crippen LogP contribution in [-0.2, 0) is 9.53 Å². The molecule has 4 nitrogen and oxygen atoms in total. The number of fused-ring (bicyclic) bond motifs is 1. The molecule has 0 N–H and O–H groups in total. The fourth-order valence-corrected chi connectivity index (χ4v) is 1.97. The number of esters is 1. The summed E-state index contributed by atoms with van der Waals surface area (Å²) in [5.41, 5.74) is 4.28. The lowest BCUT2D eigenvalue weighted by atomic mass is 10.1. The standard InChI is InChI=1S/C14H18N2O2/c1-5-18-14(17)11(4)16-8-15-12-6-9(2)10(3)7-13(12)16/h6-8,11H,5H2,1-4H3. The van der Waals surface area contributed by atoms with E-state index in [0.717, 1.165) is 11.0 Å². The molecular weight excluding hydrogens is 228 g/mol. The molecule has 2 aromatic rings. The quantitative estimate of drug-likeness (QED) is 0.782. The van der Waals surface area contributed by atoms with Crippen molar-refractivity contribution < 1.29 is 9.53 Å². The molecule has 2 rings (SSSR count). The first-order valence-corrected chi connectivity index (χ1v) is 6.15. The van der Waals surface area contributed by atoms with Crippen LogP contribution >= 0.6 is 0 Å². The molecule has 0 aliphatic carbocycles. The van der Waals surface area contributed by atoms with E-state index in [-0.39, 0.29) is 12.0 Å². The van der Waals surface area contributed by atoms with Gasteiger partial charge in [0.1, 0.15) is 6.04 Å². The Morgan fingerprint density at radius 3 is 2.72 bits per heavy atom. The third-order valence-electron chi connectivity index (χ3n) is 3.24. The number of benzene rings is 1. The van der Waals surface area contributed by atoms with E-state index in [1.807, 2.05) is 24.5 Å². The van der Waals surface area contributed by atoms with Gasteiger partial charge in [-0.25, -0.2) is 9.78 Å². The van der Waals surface area contributed by atoms with Crippen LogP contribution in [0.15, 0.2) is 18.5 Å². The Bertz CT molecular complexity index is 587. The van der Waals surface area contributed by atoms with Crippen LogP contribution in [0.25, 0.3) is 11.0 Å². The minimum Gasteiger partial charge on any atom is -0.464 e. The zero-order valence-electron chi connectivity index (χ0n) is 11.2. The third kappa shape index (κ3) is 2.10. The number of nitrogens with zero attached hydrogens (tertiary/aromatic N) is 2. The number of rotatable bonds is 3. The van der Waals surface area contributed by atoms with Crippen molar-refractivity contribution in [3.05, 3.63) is 29.6 Å². The minimum absolute atomic E-state index is 0.227. The van der Waals surface area contributed by atoms with Crippen LogP contribution in [-0.4, -0.2) is 22.1 Å². The van der Waals surface area contributed by atoms with Crippen molar-refractivity contribution >= 4 is 17.0 Å². The Hall–Kier alpha value is -1.84. The maximum absolute atomic E-state index is 11.8. The molecule has 1 aromatic carbocycles. The maximum Gasteiger partial charge on any atom is 0.328 e. The highest BCUT2D eigenvalue weighted by Crippen LogP contribution is 2.22. The summed E-state index contributed by atoms with van der Waals surface area (Å²) in [4.78, 5) is 16.1. The average molecular weight is 246 g/mol. The van der Waals surface area contributed by atoms with E-state index in [0.29, 0.717) is 6.61 Å². The molecule has 18 heavy (non-hydrogen) atoms. The van der Waals surface area contributed by atoms with Crippen LogP contribution in [0.5, 0.6) is 0 Å². The first-order chi connectivity index (χ1) is 8.54. The van der Waals surface area contributed by atoms with Crippen molar-refractivity contribution in [3.63, 3.8) is 0 Å². The van der Waals surface area contributed by atoms with Gasteiger partial charge in [-0.2, -0.15) is 0 Å². The van der Waals surface area contributed by atoms with E-state index in [1.165, 1.54) is 11.1 Å². The summed E-state index contributed by atoms with van der Waals surface area (Å²) in [5, 5.41) is 0. The molecule has 0 saturated carbocycles. The molecule has 0 radical (unpaired) electrons. The molecule has 96 valence electrons. The highest BCUT2D eigenvalue weighted by Gasteiger charge is 2.18. The van der Waals surface area contributed by atoms with Crippen molar-refractivity contribution in [2.75, 3.05) is 6.61 Å². The number of imidazole rings is 1. The highest BCUT2D eigenvalue weighted by molar-refractivity contribution is 5.81. The Labute approximate surface area is 107 Å². The Morgan fingerprint density at radius 1 is 1.39 bits per heavy atom. The summed E-state index contributed by atoms with van der Waals surface area (Å²) < 4.78 is 6.90. The highest BCUT2D eigenvalue weighted by atomic mass is 16.5. The zero-order chi connectivity index (χ0) is 13.3. The molecule has 1 unspecified atom stereocenters. The molecule has 0 spiro atoms. The lowest BCUT2D eigenvalue weighted by Gasteiger charge is -2.13. The van der Waals surface area contributed by atoms with E-state index >= 15 is 0 Å². The van der Waals surface area contributed by atoms with Gasteiger partial charge in [-0.05, 0) is 51.0 Å². The first kappa shape index (κ1) is 12.6. The minimum atomic E-state index is -0.350. The van der Waals surface area contributed by atoms with Crippen molar-refractivity contribution in [2.24, 2.45) is 0 Å². The van der Waals surface area contributed by atoms with Gasteiger partial charge in [0.2, 0.25) is 0 Å². The molecule has 1 heterocycles. The van der Waals surface area contributed by atoms with E-state index < -0.39 is 0 Å². The molecule has 1 aromatic heterocycles. The van der Waals surface area contributed by atoms with Gasteiger partial charge < -0.3 is 9.30 Å². The molecule has 0 bridgehead atoms. The zero-order valence-corrected chi connectivity index (χ0v) is 11.2. The topological polar surface area (TPSA) is 44.1 Å². The fraction of sp³-hybridized carbons (Fsp3) is 0.429. The Morgan fingerprint density at radius 2 is 2.06 bits per heavy atom. The fourth-order valence-electron chi connectivity index (χ4n) is 1.97. The number of aryl methyl sites for hydroxylation is 2. The van der Waals surface area contributed by atoms with Crippen molar-refractivity contribution in [1.29, 1.82) is 0 Å². The van der Waals surface area contributed by atoms with Crippen LogP contribution in [0.2, 0.25) is 0 Å². The van der Waals surface area contributed by atoms with Gasteiger partial charge >= 0.3 is 5.97 Å². The molecular formula is C14H18N2O2. The summed E-state index contributed by atoms with van der Waals surface area (Å²) in [6.07, 6.45) is 1.70. The Balaban J connectivity index is 2.46. The second-order valence-corrected chi connectivity index (χ2v) is 4.51. The predicted octanol–water partition coefficient (Wildman–Crippen LogP) is 2.78. The van der Waals surface area contributed by atoms with Crippen molar-refractivity contribution in [2.45, 2.75) is 33.7 Å². The monoisotopic (exact) mass is 246 g/mol. The number of aromatic nitrogens is 2. The number of hydrogen-bond donors (Lipinski definition) is 0. The van der Waals surface area contributed by atoms with Crippen LogP contribution in [0.3, 0.4) is 0 Å². The van der Waals surface area contributed by atoms with Gasteiger partial charge in [-0.15, -0.1) is 0 Å². The Kier molecular flexibility index (Phi) is 3.36. The van der Waals surface area contributed by atoms with Crippen LogP contribution < -0.4 is 0 Å². The number of carbonyl (C=O) groups is 1. The molecule has 1 atom stereocenters. The average Bonchev–Trinajstić information content (AvgIpc) is 2.72. The maximum atomic E-state index is 11.8. The molecule has 0 aliphatic rings. The molecule has 4 heteroatoms. The summed E-state index contributed by atoms with van der Waals surface area (Å²) in [6, 6.07) is 3.75. The molecule has 0 saturated heterocycles. The molecule has 0 aliphatic heterocycles. The van der Waals surface area contributed by atoms with Crippen molar-refractivity contribution in [1.82, 2.24) is 9.55 Å². The first-order valence-electron chi connectivity index (χ1n) is 6.15. The van der Waals surface area contributed by atoms with Gasteiger partial charge in [0, 0.05) is 0 Å². The van der Waals surface area contributed by atoms with E-state index in [2.05, 4.69) is 24.9 Å². The third-order valence-corrected chi connectivity index (χ3v) is 3.24. The van der Waals surface area contributed by atoms with Gasteiger partial charge in [-0.1, -0.05) is 0 Å². The molecule has 0 fully saturated rings. The summed E-state index contributed by atoms with van der Waals surface area (Å²) in [6.45, 7) is 8.15. The molecule has 0 amide bonds. The van der Waals surface area contributed by atoms with Gasteiger partial charge in [0.05, 0.1) is 24.0 Å². The number of ether oxygens (including phenoxy) is 1. The summed E-state index contributed by atoms with van der Waals surface area (Å²) in [7, 11) is 0. The largest absolute Gasteiger partial charge is 0.464 e. The van der Waals surface area contributed by atoms with E-state index in [9.17, 15) is 4.79 Å². The summed E-state index contributed by atoms with van der Waals surface area (Å²) >= 11 is 0. The van der Waals surface area contributed by atoms with Crippen LogP contribution in [0.1, 0.15) is 31.0 Å². The lowest BCUT2D eigenvalue weighted by Crippen LogP contribution is -2.18. The van der Waals surface area contributed by atoms with Gasteiger partial charge in [0.25, 0.3) is 0 Å². The second-order valence-electron chi connectivity index (χ2n) is 4.51. The van der Waals surface area contributed by atoms with E-state index in [4.69, 9.17) is 4.74 Å². The van der Waals surface area contributed by atoms with Gasteiger partial charge in [-0.3, -0.25) is 0 Å². The lowest BCUT2D eigenvalue weighted by molar-refractivity contribution is -0.146. The number of hydrogen-bond acceptors (Lipinski definition) is 3. The van der Waals surface area contributed by atoms with Gasteiger partial charge in [0.15, 0.2) is 0 Å². The second kappa shape index (κ2) is 4.80. The predicted molar refractivity (Wildman–Crippen MR) is 70.6 cm³/mol. The summed E-state index contributed by atoms with van der Waals surface area (Å²) in [5.74, 6) is -0.227. The van der Waals surface area contributed by atoms with E-state index in [1.54, 1.807) is 6.33 Å². The van der Waals surface area contributed by atoms with Crippen LogP contribution in [0.4, 0.5) is 0 Å². The SMILES string of the molecule is CCOC(=O)C(C)n1cnc2cc(C)c(C)cc21. The van der Waals surface area contributed by atoms with Crippen LogP contribution in [0, 0.1) is 13.8 Å². The smallest absolute Gasteiger partial charge is 0.328 e.